The molecular weight excluding hydrogens is 516 g/mol. The molecule has 7 heteroatoms. The van der Waals surface area contributed by atoms with Crippen molar-refractivity contribution in [3.8, 4) is 28.2 Å². The molecule has 0 saturated carbocycles. The number of nitrogens with zero attached hydrogens (tertiary/aromatic N) is 3. The van der Waals surface area contributed by atoms with E-state index in [9.17, 15) is 10.1 Å². The number of halogens is 1. The van der Waals surface area contributed by atoms with Gasteiger partial charge in [0.1, 0.15) is 0 Å². The van der Waals surface area contributed by atoms with Crippen LogP contribution in [0.2, 0.25) is 0 Å². The number of aromatic nitrogens is 1. The average Bonchev–Trinajstić information content (AvgIpc) is 3.30. The second-order valence-electron chi connectivity index (χ2n) is 8.05. The first-order chi connectivity index (χ1) is 17.6. The molecule has 4 aromatic carbocycles. The van der Waals surface area contributed by atoms with Gasteiger partial charge < -0.3 is 4.57 Å². The van der Waals surface area contributed by atoms with E-state index < -0.39 is 4.92 Å². The largest absolute Gasteiger partial charge is 0.309 e. The Balaban J connectivity index is 1.63. The Morgan fingerprint density at radius 1 is 0.806 bits per heavy atom. The summed E-state index contributed by atoms with van der Waals surface area (Å²) in [6, 6.07) is 37.0. The van der Waals surface area contributed by atoms with E-state index in [2.05, 4.69) is 73.5 Å². The van der Waals surface area contributed by atoms with E-state index in [4.69, 9.17) is 0 Å². The SMILES string of the molecule is O=[N+]([O-])c1ccc(NN=Cc2cc(-c3ccccc3)n(-c3ccc(Br)cc3)c2-c2ccccc2)cc1. The summed E-state index contributed by atoms with van der Waals surface area (Å²) in [5, 5.41) is 15.4. The third kappa shape index (κ3) is 4.96. The van der Waals surface area contributed by atoms with Crippen molar-refractivity contribution in [1.82, 2.24) is 4.57 Å². The highest BCUT2D eigenvalue weighted by Gasteiger charge is 2.18. The molecule has 0 fully saturated rings. The normalized spacial score (nSPS) is 11.0. The predicted octanol–water partition coefficient (Wildman–Crippen LogP) is 7.93. The van der Waals surface area contributed by atoms with Crippen molar-refractivity contribution in [2.45, 2.75) is 0 Å². The van der Waals surface area contributed by atoms with Gasteiger partial charge in [-0.05, 0) is 53.6 Å². The van der Waals surface area contributed by atoms with Crippen LogP contribution in [0, 0.1) is 10.1 Å². The molecule has 0 saturated heterocycles. The van der Waals surface area contributed by atoms with Gasteiger partial charge in [-0.15, -0.1) is 0 Å². The van der Waals surface area contributed by atoms with Gasteiger partial charge >= 0.3 is 0 Å². The Hall–Kier alpha value is -4.49. The molecule has 0 unspecified atom stereocenters. The number of non-ortho nitro benzene ring substituents is 1. The van der Waals surface area contributed by atoms with Crippen LogP contribution in [0.15, 0.2) is 125 Å². The molecule has 0 spiro atoms. The summed E-state index contributed by atoms with van der Waals surface area (Å²) in [6.07, 6.45) is 1.78. The van der Waals surface area contributed by atoms with E-state index in [0.717, 1.165) is 38.2 Å². The molecule has 0 aliphatic rings. The molecule has 0 atom stereocenters. The standard InChI is InChI=1S/C29H21BrN4O2/c30-24-11-15-26(16-12-24)33-28(21-7-3-1-4-8-21)19-23(29(33)22-9-5-2-6-10-22)20-31-32-25-13-17-27(18-14-25)34(35)36/h1-20,32H. The van der Waals surface area contributed by atoms with Crippen LogP contribution in [0.3, 0.4) is 0 Å². The number of anilines is 1. The number of hydrogen-bond acceptors (Lipinski definition) is 4. The average molecular weight is 537 g/mol. The maximum Gasteiger partial charge on any atom is 0.269 e. The van der Waals surface area contributed by atoms with Crippen LogP contribution in [0.5, 0.6) is 0 Å². The maximum atomic E-state index is 10.9. The lowest BCUT2D eigenvalue weighted by atomic mass is 10.1. The van der Waals surface area contributed by atoms with E-state index in [1.54, 1.807) is 18.3 Å². The lowest BCUT2D eigenvalue weighted by Gasteiger charge is -2.15. The van der Waals surface area contributed by atoms with Crippen molar-refractivity contribution >= 4 is 33.5 Å². The first-order valence-electron chi connectivity index (χ1n) is 11.3. The summed E-state index contributed by atoms with van der Waals surface area (Å²) in [7, 11) is 0. The zero-order chi connectivity index (χ0) is 24.9. The Kier molecular flexibility index (Phi) is 6.73. The van der Waals surface area contributed by atoms with Crippen molar-refractivity contribution in [3.05, 3.63) is 135 Å². The molecule has 1 N–H and O–H groups in total. The predicted molar refractivity (Wildman–Crippen MR) is 149 cm³/mol. The minimum atomic E-state index is -0.421. The summed E-state index contributed by atoms with van der Waals surface area (Å²) in [5.74, 6) is 0. The Bertz CT molecular complexity index is 1510. The molecule has 176 valence electrons. The summed E-state index contributed by atoms with van der Waals surface area (Å²) in [5.41, 5.74) is 9.82. The highest BCUT2D eigenvalue weighted by atomic mass is 79.9. The lowest BCUT2D eigenvalue weighted by Crippen LogP contribution is -2.00. The van der Waals surface area contributed by atoms with E-state index in [0.29, 0.717) is 5.69 Å². The third-order valence-electron chi connectivity index (χ3n) is 5.71. The molecule has 0 bridgehead atoms. The summed E-state index contributed by atoms with van der Waals surface area (Å²) >= 11 is 3.54. The quantitative estimate of drug-likeness (QED) is 0.130. The van der Waals surface area contributed by atoms with Crippen molar-refractivity contribution in [2.24, 2.45) is 5.10 Å². The molecule has 1 heterocycles. The third-order valence-corrected chi connectivity index (χ3v) is 6.24. The molecule has 5 rings (SSSR count). The fraction of sp³-hybridized carbons (Fsp3) is 0. The van der Waals surface area contributed by atoms with Gasteiger partial charge in [-0.2, -0.15) is 5.10 Å². The number of nitro benzene ring substituents is 1. The Morgan fingerprint density at radius 3 is 2.03 bits per heavy atom. The van der Waals surface area contributed by atoms with Crippen molar-refractivity contribution in [1.29, 1.82) is 0 Å². The van der Waals surface area contributed by atoms with E-state index in [1.165, 1.54) is 12.1 Å². The monoisotopic (exact) mass is 536 g/mol. The topological polar surface area (TPSA) is 72.5 Å². The van der Waals surface area contributed by atoms with Crippen LogP contribution < -0.4 is 5.43 Å². The molecule has 36 heavy (non-hydrogen) atoms. The van der Waals surface area contributed by atoms with Gasteiger partial charge in [0, 0.05) is 27.9 Å². The summed E-state index contributed by atoms with van der Waals surface area (Å²) in [4.78, 5) is 10.5. The molecular formula is C29H21BrN4O2. The van der Waals surface area contributed by atoms with Crippen LogP contribution in [0.4, 0.5) is 11.4 Å². The molecule has 0 radical (unpaired) electrons. The summed E-state index contributed by atoms with van der Waals surface area (Å²) < 4.78 is 3.25. The van der Waals surface area contributed by atoms with Gasteiger partial charge in [0.2, 0.25) is 0 Å². The van der Waals surface area contributed by atoms with E-state index >= 15 is 0 Å². The van der Waals surface area contributed by atoms with Crippen molar-refractivity contribution in [3.63, 3.8) is 0 Å². The summed E-state index contributed by atoms with van der Waals surface area (Å²) in [6.45, 7) is 0. The smallest absolute Gasteiger partial charge is 0.269 e. The molecule has 0 aliphatic heterocycles. The number of rotatable bonds is 7. The molecule has 0 aliphatic carbocycles. The second-order valence-corrected chi connectivity index (χ2v) is 8.97. The van der Waals surface area contributed by atoms with Gasteiger partial charge in [-0.1, -0.05) is 76.6 Å². The fourth-order valence-electron chi connectivity index (χ4n) is 4.03. The fourth-order valence-corrected chi connectivity index (χ4v) is 4.30. The van der Waals surface area contributed by atoms with E-state index in [1.807, 2.05) is 48.5 Å². The minimum Gasteiger partial charge on any atom is -0.309 e. The molecule has 6 nitrogen and oxygen atoms in total. The lowest BCUT2D eigenvalue weighted by molar-refractivity contribution is -0.384. The number of nitro groups is 1. The first-order valence-corrected chi connectivity index (χ1v) is 12.1. The second kappa shape index (κ2) is 10.4. The van der Waals surface area contributed by atoms with Crippen LogP contribution in [0.25, 0.3) is 28.2 Å². The van der Waals surface area contributed by atoms with Crippen molar-refractivity contribution < 1.29 is 4.92 Å². The van der Waals surface area contributed by atoms with Crippen LogP contribution >= 0.6 is 15.9 Å². The van der Waals surface area contributed by atoms with Crippen molar-refractivity contribution in [2.75, 3.05) is 5.43 Å². The van der Waals surface area contributed by atoms with Crippen LogP contribution in [0.1, 0.15) is 5.56 Å². The number of hydrogen-bond donors (Lipinski definition) is 1. The molecule has 5 aromatic rings. The Morgan fingerprint density at radius 2 is 1.42 bits per heavy atom. The van der Waals surface area contributed by atoms with E-state index in [-0.39, 0.29) is 5.69 Å². The minimum absolute atomic E-state index is 0.0370. The number of hydrazone groups is 1. The zero-order valence-corrected chi connectivity index (χ0v) is 20.7. The van der Waals surface area contributed by atoms with Gasteiger partial charge in [0.15, 0.2) is 0 Å². The molecule has 0 amide bonds. The zero-order valence-electron chi connectivity index (χ0n) is 19.1. The van der Waals surface area contributed by atoms with Gasteiger partial charge in [0.05, 0.1) is 28.2 Å². The van der Waals surface area contributed by atoms with Gasteiger partial charge in [-0.25, -0.2) is 0 Å². The first kappa shape index (κ1) is 23.3. The van der Waals surface area contributed by atoms with Gasteiger partial charge in [0.25, 0.3) is 5.69 Å². The number of nitrogens with one attached hydrogen (secondary N) is 1. The number of benzene rings is 4. The van der Waals surface area contributed by atoms with Crippen LogP contribution in [-0.4, -0.2) is 15.7 Å². The highest BCUT2D eigenvalue weighted by molar-refractivity contribution is 9.10. The molecule has 1 aromatic heterocycles. The Labute approximate surface area is 216 Å². The maximum absolute atomic E-state index is 10.9. The van der Waals surface area contributed by atoms with Crippen LogP contribution in [-0.2, 0) is 0 Å². The van der Waals surface area contributed by atoms with Gasteiger partial charge in [-0.3, -0.25) is 15.5 Å². The highest BCUT2D eigenvalue weighted by Crippen LogP contribution is 2.35.